The molecule has 0 unspecified atom stereocenters. The molecule has 2 amide bonds. The van der Waals surface area contributed by atoms with Gasteiger partial charge in [0.05, 0.1) is 11.9 Å². The SMILES string of the molecule is Cn1ccnc1SCc1ccc(C(=O)N2CCN(C(=O)c3cnccn3)CC2)o1. The van der Waals surface area contributed by atoms with Crippen LogP contribution in [-0.4, -0.2) is 67.3 Å². The molecule has 1 saturated heterocycles. The van der Waals surface area contributed by atoms with Gasteiger partial charge in [-0.05, 0) is 12.1 Å². The van der Waals surface area contributed by atoms with Gasteiger partial charge in [-0.1, -0.05) is 11.8 Å². The molecule has 150 valence electrons. The van der Waals surface area contributed by atoms with Crippen molar-refractivity contribution in [2.45, 2.75) is 10.9 Å². The summed E-state index contributed by atoms with van der Waals surface area (Å²) in [5, 5.41) is 0.887. The van der Waals surface area contributed by atoms with Crippen LogP contribution in [0.15, 0.2) is 52.7 Å². The second-order valence-electron chi connectivity index (χ2n) is 6.55. The summed E-state index contributed by atoms with van der Waals surface area (Å²) in [5.74, 6) is 1.30. The van der Waals surface area contributed by atoms with Crippen LogP contribution in [0.4, 0.5) is 0 Å². The van der Waals surface area contributed by atoms with Crippen LogP contribution in [0.1, 0.15) is 26.8 Å². The first-order valence-electron chi connectivity index (χ1n) is 9.15. The molecule has 4 heterocycles. The van der Waals surface area contributed by atoms with Crippen molar-refractivity contribution in [2.75, 3.05) is 26.2 Å². The molecule has 1 aliphatic heterocycles. The average Bonchev–Trinajstić information content (AvgIpc) is 3.41. The predicted octanol–water partition coefficient (Wildman–Crippen LogP) is 1.69. The van der Waals surface area contributed by atoms with Crippen molar-refractivity contribution in [3.05, 3.63) is 60.3 Å². The van der Waals surface area contributed by atoms with Gasteiger partial charge in [-0.2, -0.15) is 0 Å². The summed E-state index contributed by atoms with van der Waals surface area (Å²) >= 11 is 1.55. The Morgan fingerprint density at radius 2 is 1.79 bits per heavy atom. The van der Waals surface area contributed by atoms with Crippen LogP contribution in [0.5, 0.6) is 0 Å². The lowest BCUT2D eigenvalue weighted by Gasteiger charge is -2.34. The normalized spacial score (nSPS) is 14.2. The summed E-state index contributed by atoms with van der Waals surface area (Å²) in [6, 6.07) is 3.52. The van der Waals surface area contributed by atoms with E-state index in [1.54, 1.807) is 33.8 Å². The van der Waals surface area contributed by atoms with Crippen LogP contribution in [0.2, 0.25) is 0 Å². The summed E-state index contributed by atoms with van der Waals surface area (Å²) in [4.78, 5) is 40.8. The van der Waals surface area contributed by atoms with Crippen molar-refractivity contribution in [2.24, 2.45) is 7.05 Å². The van der Waals surface area contributed by atoms with Gasteiger partial charge in [0.25, 0.3) is 11.8 Å². The zero-order valence-electron chi connectivity index (χ0n) is 15.9. The zero-order valence-corrected chi connectivity index (χ0v) is 16.7. The van der Waals surface area contributed by atoms with Gasteiger partial charge in [-0.3, -0.25) is 14.6 Å². The lowest BCUT2D eigenvalue weighted by atomic mass is 10.2. The average molecular weight is 412 g/mol. The van der Waals surface area contributed by atoms with Crippen molar-refractivity contribution in [1.82, 2.24) is 29.3 Å². The summed E-state index contributed by atoms with van der Waals surface area (Å²) in [6.07, 6.45) is 8.10. The van der Waals surface area contributed by atoms with E-state index in [0.29, 0.717) is 43.4 Å². The minimum Gasteiger partial charge on any atom is -0.455 e. The highest BCUT2D eigenvalue weighted by Crippen LogP contribution is 2.22. The third-order valence-corrected chi connectivity index (χ3v) is 5.71. The first-order valence-corrected chi connectivity index (χ1v) is 10.1. The van der Waals surface area contributed by atoms with E-state index in [0.717, 1.165) is 10.9 Å². The first kappa shape index (κ1) is 19.2. The van der Waals surface area contributed by atoms with Crippen molar-refractivity contribution in [3.8, 4) is 0 Å². The topological polar surface area (TPSA) is 97.4 Å². The lowest BCUT2D eigenvalue weighted by molar-refractivity contribution is 0.0514. The fourth-order valence-electron chi connectivity index (χ4n) is 3.04. The van der Waals surface area contributed by atoms with E-state index >= 15 is 0 Å². The molecule has 10 heteroatoms. The highest BCUT2D eigenvalue weighted by molar-refractivity contribution is 7.98. The standard InChI is InChI=1S/C19H20N6O3S/c1-23-7-6-22-19(23)29-13-14-2-3-16(28-14)18(27)25-10-8-24(9-11-25)17(26)15-12-20-4-5-21-15/h2-7,12H,8-11,13H2,1H3. The Morgan fingerprint density at radius 3 is 2.45 bits per heavy atom. The fraction of sp³-hybridized carbons (Fsp3) is 0.316. The molecule has 1 fully saturated rings. The number of imidazole rings is 1. The van der Waals surface area contributed by atoms with E-state index in [1.807, 2.05) is 23.9 Å². The number of piperazine rings is 1. The van der Waals surface area contributed by atoms with E-state index < -0.39 is 0 Å². The number of hydrogen-bond donors (Lipinski definition) is 0. The van der Waals surface area contributed by atoms with Crippen molar-refractivity contribution in [3.63, 3.8) is 0 Å². The Kier molecular flexibility index (Phi) is 5.61. The number of amides is 2. The quantitative estimate of drug-likeness (QED) is 0.588. The van der Waals surface area contributed by atoms with Crippen LogP contribution < -0.4 is 0 Å². The Hall–Kier alpha value is -3.14. The summed E-state index contributed by atoms with van der Waals surface area (Å²) in [6.45, 7) is 1.79. The van der Waals surface area contributed by atoms with Crippen LogP contribution in [-0.2, 0) is 12.8 Å². The number of carbonyl (C=O) groups is 2. The molecule has 0 N–H and O–H groups in total. The molecule has 29 heavy (non-hydrogen) atoms. The molecule has 4 rings (SSSR count). The summed E-state index contributed by atoms with van der Waals surface area (Å²) < 4.78 is 7.66. The predicted molar refractivity (Wildman–Crippen MR) is 105 cm³/mol. The van der Waals surface area contributed by atoms with Gasteiger partial charge in [-0.25, -0.2) is 9.97 Å². The van der Waals surface area contributed by atoms with E-state index in [4.69, 9.17) is 4.42 Å². The minimum atomic E-state index is -0.170. The number of hydrogen-bond acceptors (Lipinski definition) is 7. The van der Waals surface area contributed by atoms with Crippen LogP contribution >= 0.6 is 11.8 Å². The maximum atomic E-state index is 12.7. The molecule has 0 aliphatic carbocycles. The molecular formula is C19H20N6O3S. The Balaban J connectivity index is 1.31. The zero-order chi connectivity index (χ0) is 20.2. The number of thioether (sulfide) groups is 1. The number of furan rings is 1. The van der Waals surface area contributed by atoms with Gasteiger partial charge in [0.1, 0.15) is 11.5 Å². The number of aromatic nitrogens is 4. The molecule has 0 radical (unpaired) electrons. The number of aryl methyl sites for hydroxylation is 1. The van der Waals surface area contributed by atoms with Gasteiger partial charge in [0.2, 0.25) is 0 Å². The molecule has 1 aliphatic rings. The van der Waals surface area contributed by atoms with E-state index in [1.165, 1.54) is 18.6 Å². The van der Waals surface area contributed by atoms with Gasteiger partial charge >= 0.3 is 0 Å². The second-order valence-corrected chi connectivity index (χ2v) is 7.49. The number of nitrogens with zero attached hydrogens (tertiary/aromatic N) is 6. The first-order chi connectivity index (χ1) is 14.1. The van der Waals surface area contributed by atoms with Crippen LogP contribution in [0.25, 0.3) is 0 Å². The molecule has 0 saturated carbocycles. The fourth-order valence-corrected chi connectivity index (χ4v) is 3.86. The molecule has 9 nitrogen and oxygen atoms in total. The maximum absolute atomic E-state index is 12.7. The highest BCUT2D eigenvalue weighted by atomic mass is 32.2. The third-order valence-electron chi connectivity index (χ3n) is 4.63. The van der Waals surface area contributed by atoms with Gasteiger partial charge < -0.3 is 18.8 Å². The van der Waals surface area contributed by atoms with Crippen molar-refractivity contribution < 1.29 is 14.0 Å². The number of rotatable bonds is 5. The molecule has 3 aromatic heterocycles. The smallest absolute Gasteiger partial charge is 0.289 e. The molecular weight excluding hydrogens is 392 g/mol. The highest BCUT2D eigenvalue weighted by Gasteiger charge is 2.27. The van der Waals surface area contributed by atoms with Gasteiger partial charge in [0.15, 0.2) is 10.9 Å². The third kappa shape index (κ3) is 4.32. The van der Waals surface area contributed by atoms with E-state index in [9.17, 15) is 9.59 Å². The molecule has 0 atom stereocenters. The summed E-state index contributed by atoms with van der Waals surface area (Å²) in [5.41, 5.74) is 0.313. The largest absolute Gasteiger partial charge is 0.455 e. The molecule has 0 bridgehead atoms. The Morgan fingerprint density at radius 1 is 1.03 bits per heavy atom. The lowest BCUT2D eigenvalue weighted by Crippen LogP contribution is -2.50. The van der Waals surface area contributed by atoms with Crippen molar-refractivity contribution in [1.29, 1.82) is 0 Å². The molecule has 3 aromatic rings. The van der Waals surface area contributed by atoms with Gasteiger partial charge in [-0.15, -0.1) is 0 Å². The van der Waals surface area contributed by atoms with E-state index in [-0.39, 0.29) is 11.8 Å². The van der Waals surface area contributed by atoms with Crippen LogP contribution in [0.3, 0.4) is 0 Å². The van der Waals surface area contributed by atoms with Crippen LogP contribution in [0, 0.1) is 0 Å². The number of carbonyl (C=O) groups excluding carboxylic acids is 2. The summed E-state index contributed by atoms with van der Waals surface area (Å²) in [7, 11) is 1.93. The van der Waals surface area contributed by atoms with Gasteiger partial charge in [0, 0.05) is 58.0 Å². The monoisotopic (exact) mass is 412 g/mol. The second kappa shape index (κ2) is 8.48. The Labute approximate surface area is 171 Å². The van der Waals surface area contributed by atoms with E-state index in [2.05, 4.69) is 15.0 Å². The van der Waals surface area contributed by atoms with Crippen molar-refractivity contribution >= 4 is 23.6 Å². The molecule has 0 aromatic carbocycles. The maximum Gasteiger partial charge on any atom is 0.289 e. The Bertz CT molecular complexity index is 994. The minimum absolute atomic E-state index is 0.162. The molecule has 0 spiro atoms.